The van der Waals surface area contributed by atoms with E-state index in [4.69, 9.17) is 0 Å². The Hall–Kier alpha value is -2.20. The van der Waals surface area contributed by atoms with Gasteiger partial charge in [-0.25, -0.2) is 0 Å². The Morgan fingerprint density at radius 2 is 1.70 bits per heavy atom. The fourth-order valence-corrected chi connectivity index (χ4v) is 3.77. The van der Waals surface area contributed by atoms with Gasteiger partial charge in [-0.05, 0) is 81.8 Å². The standard InChI is InChI=1S/C23H31N3O/c1-18(2)26-15-10-21(11-16-26)17-20-5-3-19(4-6-20)7-14-25-23(27)22-8-12-24-13-9-22/h3-6,8-9,12-13,18,21H,7,10-11,14-17H2,1-2H3,(H,25,27). The van der Waals surface area contributed by atoms with Gasteiger partial charge in [0.15, 0.2) is 0 Å². The van der Waals surface area contributed by atoms with Crippen molar-refractivity contribution in [1.82, 2.24) is 15.2 Å². The van der Waals surface area contributed by atoms with Gasteiger partial charge in [-0.1, -0.05) is 24.3 Å². The van der Waals surface area contributed by atoms with E-state index in [-0.39, 0.29) is 5.91 Å². The molecule has 144 valence electrons. The molecular formula is C23H31N3O. The molecule has 0 bridgehead atoms. The molecule has 1 aromatic heterocycles. The Balaban J connectivity index is 1.41. The molecule has 1 aromatic carbocycles. The van der Waals surface area contributed by atoms with Crippen LogP contribution in [0.1, 0.15) is 48.2 Å². The molecule has 2 heterocycles. The first kappa shape index (κ1) is 19.6. The summed E-state index contributed by atoms with van der Waals surface area (Å²) in [5.74, 6) is 0.771. The second-order valence-electron chi connectivity index (χ2n) is 7.84. The topological polar surface area (TPSA) is 45.2 Å². The molecule has 4 nitrogen and oxygen atoms in total. The first-order chi connectivity index (χ1) is 13.1. The van der Waals surface area contributed by atoms with Gasteiger partial charge in [0.2, 0.25) is 0 Å². The number of nitrogens with zero attached hydrogens (tertiary/aromatic N) is 2. The van der Waals surface area contributed by atoms with Gasteiger partial charge >= 0.3 is 0 Å². The number of benzene rings is 1. The Morgan fingerprint density at radius 1 is 1.07 bits per heavy atom. The van der Waals surface area contributed by atoms with Crippen LogP contribution in [0.5, 0.6) is 0 Å². The fraction of sp³-hybridized carbons (Fsp3) is 0.478. The Morgan fingerprint density at radius 3 is 2.33 bits per heavy atom. The number of aromatic nitrogens is 1. The second kappa shape index (κ2) is 9.65. The van der Waals surface area contributed by atoms with Crippen LogP contribution in [0.4, 0.5) is 0 Å². The number of carbonyl (C=O) groups is 1. The van der Waals surface area contributed by atoms with Crippen molar-refractivity contribution >= 4 is 5.91 Å². The third-order valence-electron chi connectivity index (χ3n) is 5.57. The number of rotatable bonds is 7. The van der Waals surface area contributed by atoms with Crippen LogP contribution in [0, 0.1) is 5.92 Å². The van der Waals surface area contributed by atoms with Crippen molar-refractivity contribution < 1.29 is 4.79 Å². The van der Waals surface area contributed by atoms with Gasteiger partial charge in [-0.3, -0.25) is 9.78 Å². The summed E-state index contributed by atoms with van der Waals surface area (Å²) >= 11 is 0. The highest BCUT2D eigenvalue weighted by Gasteiger charge is 2.20. The monoisotopic (exact) mass is 365 g/mol. The smallest absolute Gasteiger partial charge is 0.251 e. The van der Waals surface area contributed by atoms with Crippen LogP contribution in [0.2, 0.25) is 0 Å². The van der Waals surface area contributed by atoms with Crippen molar-refractivity contribution in [2.45, 2.75) is 45.6 Å². The van der Waals surface area contributed by atoms with Gasteiger partial charge in [0.25, 0.3) is 5.91 Å². The molecule has 3 rings (SSSR count). The molecule has 1 amide bonds. The molecule has 1 N–H and O–H groups in total. The summed E-state index contributed by atoms with van der Waals surface area (Å²) in [7, 11) is 0. The third-order valence-corrected chi connectivity index (χ3v) is 5.57. The maximum atomic E-state index is 12.0. The lowest BCUT2D eigenvalue weighted by molar-refractivity contribution is 0.0954. The maximum Gasteiger partial charge on any atom is 0.251 e. The molecule has 0 aliphatic carbocycles. The summed E-state index contributed by atoms with van der Waals surface area (Å²) in [5, 5.41) is 2.97. The number of hydrogen-bond donors (Lipinski definition) is 1. The number of pyridine rings is 1. The van der Waals surface area contributed by atoms with Gasteiger partial charge in [0.05, 0.1) is 0 Å². The van der Waals surface area contributed by atoms with E-state index in [0.29, 0.717) is 18.2 Å². The van der Waals surface area contributed by atoms with Crippen LogP contribution in [-0.2, 0) is 12.8 Å². The second-order valence-corrected chi connectivity index (χ2v) is 7.84. The summed E-state index contributed by atoms with van der Waals surface area (Å²) in [6.07, 6.45) is 7.93. The van der Waals surface area contributed by atoms with E-state index in [1.807, 2.05) is 0 Å². The van der Waals surface area contributed by atoms with Crippen LogP contribution < -0.4 is 5.32 Å². The van der Waals surface area contributed by atoms with E-state index < -0.39 is 0 Å². The number of amides is 1. The van der Waals surface area contributed by atoms with E-state index in [1.165, 1.54) is 43.5 Å². The minimum atomic E-state index is -0.0400. The van der Waals surface area contributed by atoms with E-state index in [1.54, 1.807) is 24.5 Å². The molecule has 1 aliphatic heterocycles. The van der Waals surface area contributed by atoms with Crippen LogP contribution in [0.3, 0.4) is 0 Å². The molecule has 1 saturated heterocycles. The van der Waals surface area contributed by atoms with Gasteiger partial charge in [-0.15, -0.1) is 0 Å². The van der Waals surface area contributed by atoms with Crippen LogP contribution in [0.25, 0.3) is 0 Å². The third kappa shape index (κ3) is 5.90. The van der Waals surface area contributed by atoms with Gasteiger partial charge < -0.3 is 10.2 Å². The molecule has 27 heavy (non-hydrogen) atoms. The SMILES string of the molecule is CC(C)N1CCC(Cc2ccc(CCNC(=O)c3ccncc3)cc2)CC1. The number of carbonyl (C=O) groups excluding carboxylic acids is 1. The summed E-state index contributed by atoms with van der Waals surface area (Å²) in [5.41, 5.74) is 3.36. The lowest BCUT2D eigenvalue weighted by Crippen LogP contribution is -2.38. The summed E-state index contributed by atoms with van der Waals surface area (Å²) in [6, 6.07) is 13.1. The number of hydrogen-bond acceptors (Lipinski definition) is 3. The average Bonchev–Trinajstić information content (AvgIpc) is 2.70. The van der Waals surface area contributed by atoms with E-state index >= 15 is 0 Å². The summed E-state index contributed by atoms with van der Waals surface area (Å²) in [4.78, 5) is 18.6. The molecule has 1 aliphatic rings. The molecular weight excluding hydrogens is 334 g/mol. The lowest BCUT2D eigenvalue weighted by Gasteiger charge is -2.34. The molecule has 0 spiro atoms. The molecule has 2 aromatic rings. The van der Waals surface area contributed by atoms with Crippen molar-refractivity contribution in [3.8, 4) is 0 Å². The van der Waals surface area contributed by atoms with Gasteiger partial charge in [-0.2, -0.15) is 0 Å². The molecule has 0 unspecified atom stereocenters. The molecule has 0 saturated carbocycles. The first-order valence-electron chi connectivity index (χ1n) is 10.1. The van der Waals surface area contributed by atoms with Crippen LogP contribution >= 0.6 is 0 Å². The Labute approximate surface area is 163 Å². The summed E-state index contributed by atoms with van der Waals surface area (Å²) in [6.45, 7) is 7.69. The predicted molar refractivity (Wildman–Crippen MR) is 110 cm³/mol. The maximum absolute atomic E-state index is 12.0. The zero-order chi connectivity index (χ0) is 19.1. The molecule has 4 heteroatoms. The van der Waals surface area contributed by atoms with Crippen molar-refractivity contribution in [3.05, 3.63) is 65.5 Å². The zero-order valence-corrected chi connectivity index (χ0v) is 16.5. The fourth-order valence-electron chi connectivity index (χ4n) is 3.77. The van der Waals surface area contributed by atoms with E-state index in [2.05, 4.69) is 53.3 Å². The Bertz CT molecular complexity index is 704. The predicted octanol–water partition coefficient (Wildman–Crippen LogP) is 3.72. The first-order valence-corrected chi connectivity index (χ1v) is 10.1. The summed E-state index contributed by atoms with van der Waals surface area (Å²) < 4.78 is 0. The minimum Gasteiger partial charge on any atom is -0.352 e. The van der Waals surface area contributed by atoms with Crippen LogP contribution in [0.15, 0.2) is 48.8 Å². The minimum absolute atomic E-state index is 0.0400. The van der Waals surface area contributed by atoms with E-state index in [9.17, 15) is 4.79 Å². The molecule has 0 radical (unpaired) electrons. The number of likely N-dealkylation sites (tertiary alicyclic amines) is 1. The highest BCUT2D eigenvalue weighted by molar-refractivity contribution is 5.93. The molecule has 0 atom stereocenters. The van der Waals surface area contributed by atoms with Crippen molar-refractivity contribution in [2.75, 3.05) is 19.6 Å². The van der Waals surface area contributed by atoms with Crippen LogP contribution in [-0.4, -0.2) is 41.5 Å². The number of nitrogens with one attached hydrogen (secondary N) is 1. The van der Waals surface area contributed by atoms with E-state index in [0.717, 1.165) is 12.3 Å². The largest absolute Gasteiger partial charge is 0.352 e. The Kier molecular flexibility index (Phi) is 6.99. The zero-order valence-electron chi connectivity index (χ0n) is 16.5. The quantitative estimate of drug-likeness (QED) is 0.813. The van der Waals surface area contributed by atoms with Gasteiger partial charge in [0.1, 0.15) is 0 Å². The van der Waals surface area contributed by atoms with Crippen molar-refractivity contribution in [3.63, 3.8) is 0 Å². The normalized spacial score (nSPS) is 15.8. The van der Waals surface area contributed by atoms with Crippen molar-refractivity contribution in [1.29, 1.82) is 0 Å². The highest BCUT2D eigenvalue weighted by atomic mass is 16.1. The average molecular weight is 366 g/mol. The number of piperidine rings is 1. The lowest BCUT2D eigenvalue weighted by atomic mass is 9.89. The van der Waals surface area contributed by atoms with Crippen molar-refractivity contribution in [2.24, 2.45) is 5.92 Å². The highest BCUT2D eigenvalue weighted by Crippen LogP contribution is 2.23. The molecule has 1 fully saturated rings. The van der Waals surface area contributed by atoms with Gasteiger partial charge in [0, 0.05) is 30.5 Å².